The number of benzene rings is 1. The van der Waals surface area contributed by atoms with E-state index in [0.717, 1.165) is 16.9 Å². The van der Waals surface area contributed by atoms with Crippen LogP contribution in [0.2, 0.25) is 0 Å². The lowest BCUT2D eigenvalue weighted by atomic mass is 9.89. The van der Waals surface area contributed by atoms with E-state index >= 15 is 0 Å². The first kappa shape index (κ1) is 11.9. The minimum Gasteiger partial charge on any atom is -0.467 e. The van der Waals surface area contributed by atoms with Gasteiger partial charge in [-0.05, 0) is 60.9 Å². The van der Waals surface area contributed by atoms with Gasteiger partial charge in [-0.15, -0.1) is 11.6 Å². The molecular weight excluding hydrogens is 244 g/mol. The molecule has 0 saturated carbocycles. The van der Waals surface area contributed by atoms with Crippen LogP contribution in [0.25, 0.3) is 0 Å². The summed E-state index contributed by atoms with van der Waals surface area (Å²) in [5.41, 5.74) is 5.22. The van der Waals surface area contributed by atoms with Crippen molar-refractivity contribution >= 4 is 11.6 Å². The van der Waals surface area contributed by atoms with Crippen LogP contribution in [0.15, 0.2) is 34.9 Å². The molecule has 2 aromatic rings. The molecule has 0 fully saturated rings. The minimum atomic E-state index is -0.174. The highest BCUT2D eigenvalue weighted by atomic mass is 35.5. The quantitative estimate of drug-likeness (QED) is 0.708. The second kappa shape index (κ2) is 4.81. The summed E-state index contributed by atoms with van der Waals surface area (Å²) in [6.07, 6.45) is 6.71. The summed E-state index contributed by atoms with van der Waals surface area (Å²) in [6.45, 7) is 2.03. The second-order valence-corrected chi connectivity index (χ2v) is 5.50. The van der Waals surface area contributed by atoms with E-state index in [-0.39, 0.29) is 5.38 Å². The Balaban J connectivity index is 1.95. The van der Waals surface area contributed by atoms with Gasteiger partial charge in [0.05, 0.1) is 6.26 Å². The van der Waals surface area contributed by atoms with Gasteiger partial charge in [0.2, 0.25) is 0 Å². The molecule has 1 heterocycles. The van der Waals surface area contributed by atoms with Crippen LogP contribution in [0, 0.1) is 6.92 Å². The Hall–Kier alpha value is -1.21. The van der Waals surface area contributed by atoms with Gasteiger partial charge in [0, 0.05) is 0 Å². The number of rotatable bonds is 2. The number of halogens is 1. The first-order valence-electron chi connectivity index (χ1n) is 6.55. The predicted octanol–water partition coefficient (Wildman–Crippen LogP) is 4.80. The molecule has 0 radical (unpaired) electrons. The maximum absolute atomic E-state index is 6.53. The number of hydrogen-bond donors (Lipinski definition) is 0. The van der Waals surface area contributed by atoms with Crippen molar-refractivity contribution in [3.8, 4) is 0 Å². The maximum Gasteiger partial charge on any atom is 0.128 e. The Kier molecular flexibility index (Phi) is 3.17. The number of furan rings is 1. The van der Waals surface area contributed by atoms with E-state index in [4.69, 9.17) is 16.0 Å². The molecule has 1 aliphatic rings. The lowest BCUT2D eigenvalue weighted by molar-refractivity contribution is 0.513. The Labute approximate surface area is 113 Å². The molecule has 1 atom stereocenters. The average molecular weight is 261 g/mol. The van der Waals surface area contributed by atoms with Crippen molar-refractivity contribution in [2.75, 3.05) is 0 Å². The summed E-state index contributed by atoms with van der Waals surface area (Å²) in [4.78, 5) is 0. The Morgan fingerprint density at radius 3 is 2.61 bits per heavy atom. The third kappa shape index (κ3) is 2.08. The molecule has 18 heavy (non-hydrogen) atoms. The van der Waals surface area contributed by atoms with Gasteiger partial charge in [0.1, 0.15) is 11.1 Å². The highest BCUT2D eigenvalue weighted by Crippen LogP contribution is 2.33. The lowest BCUT2D eigenvalue weighted by Gasteiger charge is -2.18. The molecule has 0 saturated heterocycles. The fourth-order valence-electron chi connectivity index (χ4n) is 2.71. The molecule has 1 unspecified atom stereocenters. The Morgan fingerprint density at radius 1 is 1.11 bits per heavy atom. The zero-order valence-corrected chi connectivity index (χ0v) is 11.3. The van der Waals surface area contributed by atoms with Gasteiger partial charge in [0.25, 0.3) is 0 Å². The van der Waals surface area contributed by atoms with Crippen LogP contribution in [0.4, 0.5) is 0 Å². The van der Waals surface area contributed by atoms with Gasteiger partial charge in [-0.1, -0.05) is 18.2 Å². The molecule has 0 aliphatic heterocycles. The third-order valence-electron chi connectivity index (χ3n) is 3.80. The van der Waals surface area contributed by atoms with Crippen molar-refractivity contribution in [1.29, 1.82) is 0 Å². The van der Waals surface area contributed by atoms with Crippen LogP contribution in [0.3, 0.4) is 0 Å². The first-order chi connectivity index (χ1) is 8.75. The van der Waals surface area contributed by atoms with Gasteiger partial charge in [0.15, 0.2) is 0 Å². The van der Waals surface area contributed by atoms with Gasteiger partial charge < -0.3 is 4.42 Å². The highest BCUT2D eigenvalue weighted by Gasteiger charge is 2.18. The maximum atomic E-state index is 6.53. The Bertz CT molecular complexity index is 556. The van der Waals surface area contributed by atoms with Crippen LogP contribution in [-0.2, 0) is 12.8 Å². The van der Waals surface area contributed by atoms with Crippen LogP contribution < -0.4 is 0 Å². The summed E-state index contributed by atoms with van der Waals surface area (Å²) in [5.74, 6) is 0.868. The fourth-order valence-corrected chi connectivity index (χ4v) is 3.07. The molecule has 1 aromatic carbocycles. The Morgan fingerprint density at radius 2 is 1.89 bits per heavy atom. The molecular formula is C16H17ClO. The van der Waals surface area contributed by atoms with E-state index in [2.05, 4.69) is 18.2 Å². The van der Waals surface area contributed by atoms with E-state index in [0.29, 0.717) is 0 Å². The number of fused-ring (bicyclic) bond motifs is 1. The predicted molar refractivity (Wildman–Crippen MR) is 74.2 cm³/mol. The lowest BCUT2D eigenvalue weighted by Crippen LogP contribution is -2.04. The number of alkyl halides is 1. The first-order valence-corrected chi connectivity index (χ1v) is 6.99. The molecule has 0 amide bonds. The molecule has 94 valence electrons. The summed E-state index contributed by atoms with van der Waals surface area (Å²) in [6, 6.07) is 8.60. The molecule has 0 N–H and O–H groups in total. The molecule has 3 rings (SSSR count). The molecule has 1 nitrogen and oxygen atoms in total. The van der Waals surface area contributed by atoms with E-state index < -0.39 is 0 Å². The average Bonchev–Trinajstić information content (AvgIpc) is 2.83. The zero-order chi connectivity index (χ0) is 12.5. The fraction of sp³-hybridized carbons (Fsp3) is 0.375. The van der Waals surface area contributed by atoms with Crippen molar-refractivity contribution in [1.82, 2.24) is 0 Å². The standard InChI is InChI=1S/C16H17ClO/c1-11-8-9-18-16(11)15(17)14-7-6-12-4-2-3-5-13(12)10-14/h6-10,15H,2-5H2,1H3. The van der Waals surface area contributed by atoms with Crippen molar-refractivity contribution < 1.29 is 4.42 Å². The molecule has 0 bridgehead atoms. The van der Waals surface area contributed by atoms with Crippen molar-refractivity contribution in [3.05, 3.63) is 58.5 Å². The van der Waals surface area contributed by atoms with Crippen LogP contribution in [0.5, 0.6) is 0 Å². The van der Waals surface area contributed by atoms with E-state index in [1.807, 2.05) is 13.0 Å². The van der Waals surface area contributed by atoms with Crippen molar-refractivity contribution in [2.24, 2.45) is 0 Å². The van der Waals surface area contributed by atoms with Gasteiger partial charge in [-0.2, -0.15) is 0 Å². The summed E-state index contributed by atoms with van der Waals surface area (Å²) < 4.78 is 5.49. The van der Waals surface area contributed by atoms with E-state index in [1.165, 1.54) is 36.8 Å². The number of hydrogen-bond acceptors (Lipinski definition) is 1. The van der Waals surface area contributed by atoms with Crippen LogP contribution in [0.1, 0.15) is 46.2 Å². The van der Waals surface area contributed by atoms with Gasteiger partial charge in [-0.3, -0.25) is 0 Å². The molecule has 1 aliphatic carbocycles. The normalized spacial score (nSPS) is 16.3. The van der Waals surface area contributed by atoms with E-state index in [1.54, 1.807) is 6.26 Å². The van der Waals surface area contributed by atoms with E-state index in [9.17, 15) is 0 Å². The largest absolute Gasteiger partial charge is 0.467 e. The summed E-state index contributed by atoms with van der Waals surface area (Å²) in [5, 5.41) is -0.174. The summed E-state index contributed by atoms with van der Waals surface area (Å²) >= 11 is 6.53. The molecule has 0 spiro atoms. The second-order valence-electron chi connectivity index (χ2n) is 5.07. The smallest absolute Gasteiger partial charge is 0.128 e. The molecule has 2 heteroatoms. The van der Waals surface area contributed by atoms with Crippen LogP contribution >= 0.6 is 11.6 Å². The SMILES string of the molecule is Cc1ccoc1C(Cl)c1ccc2c(c1)CCCC2. The number of aryl methyl sites for hydroxylation is 3. The van der Waals surface area contributed by atoms with Crippen LogP contribution in [-0.4, -0.2) is 0 Å². The van der Waals surface area contributed by atoms with Gasteiger partial charge >= 0.3 is 0 Å². The third-order valence-corrected chi connectivity index (χ3v) is 4.25. The summed E-state index contributed by atoms with van der Waals surface area (Å²) in [7, 11) is 0. The zero-order valence-electron chi connectivity index (χ0n) is 10.6. The minimum absolute atomic E-state index is 0.174. The molecule has 1 aromatic heterocycles. The topological polar surface area (TPSA) is 13.1 Å². The van der Waals surface area contributed by atoms with Gasteiger partial charge in [-0.25, -0.2) is 0 Å². The van der Waals surface area contributed by atoms with Crippen molar-refractivity contribution in [2.45, 2.75) is 38.0 Å². The van der Waals surface area contributed by atoms with Crippen molar-refractivity contribution in [3.63, 3.8) is 0 Å². The highest BCUT2D eigenvalue weighted by molar-refractivity contribution is 6.22. The monoisotopic (exact) mass is 260 g/mol.